The number of aromatic nitrogens is 1. The molecule has 29 heavy (non-hydrogen) atoms. The molecule has 5 heteroatoms. The minimum Gasteiger partial charge on any atom is -0.496 e. The summed E-state index contributed by atoms with van der Waals surface area (Å²) in [6.45, 7) is 4.41. The van der Waals surface area contributed by atoms with Gasteiger partial charge >= 0.3 is 0 Å². The monoisotopic (exact) mass is 390 g/mol. The molecule has 0 spiro atoms. The number of carbonyl (C=O) groups excluding carboxylic acids is 1. The van der Waals surface area contributed by atoms with Gasteiger partial charge in [0.1, 0.15) is 17.1 Å². The van der Waals surface area contributed by atoms with E-state index in [-0.39, 0.29) is 5.91 Å². The highest BCUT2D eigenvalue weighted by molar-refractivity contribution is 5.98. The molecule has 1 aliphatic carbocycles. The number of nitrogens with one attached hydrogen (secondary N) is 1. The van der Waals surface area contributed by atoms with Gasteiger partial charge in [-0.25, -0.2) is 0 Å². The van der Waals surface area contributed by atoms with Gasteiger partial charge in [-0.2, -0.15) is 0 Å². The fourth-order valence-corrected chi connectivity index (χ4v) is 4.11. The number of hydrogen-bond donors (Lipinski definition) is 1. The Morgan fingerprint density at radius 1 is 1.34 bits per heavy atom. The van der Waals surface area contributed by atoms with E-state index in [1.54, 1.807) is 25.6 Å². The van der Waals surface area contributed by atoms with Crippen molar-refractivity contribution >= 4 is 22.4 Å². The molecule has 0 saturated heterocycles. The Bertz CT molecular complexity index is 1080. The largest absolute Gasteiger partial charge is 0.496 e. The molecule has 0 radical (unpaired) electrons. The van der Waals surface area contributed by atoms with E-state index in [0.29, 0.717) is 6.54 Å². The van der Waals surface area contributed by atoms with E-state index >= 15 is 0 Å². The number of pyridine rings is 1. The van der Waals surface area contributed by atoms with E-state index in [2.05, 4.69) is 16.4 Å². The van der Waals surface area contributed by atoms with E-state index in [0.717, 1.165) is 57.6 Å². The van der Waals surface area contributed by atoms with Crippen molar-refractivity contribution in [3.05, 3.63) is 64.7 Å². The fourth-order valence-electron chi connectivity index (χ4n) is 4.11. The molecule has 2 aromatic heterocycles. The molecule has 150 valence electrons. The summed E-state index contributed by atoms with van der Waals surface area (Å²) in [7, 11) is 1.66. The molecule has 0 fully saturated rings. The summed E-state index contributed by atoms with van der Waals surface area (Å²) in [5.74, 6) is 1.72. The Kier molecular flexibility index (Phi) is 5.38. The summed E-state index contributed by atoms with van der Waals surface area (Å²) in [6, 6.07) is 5.91. The maximum atomic E-state index is 12.5. The molecule has 5 nitrogen and oxygen atoms in total. The zero-order chi connectivity index (χ0) is 20.4. The van der Waals surface area contributed by atoms with Crippen LogP contribution in [0.5, 0.6) is 5.75 Å². The third kappa shape index (κ3) is 3.77. The van der Waals surface area contributed by atoms with Crippen LogP contribution in [0.4, 0.5) is 0 Å². The Morgan fingerprint density at radius 3 is 2.93 bits per heavy atom. The topological polar surface area (TPSA) is 64.4 Å². The number of furan rings is 1. The average molecular weight is 390 g/mol. The summed E-state index contributed by atoms with van der Waals surface area (Å²) >= 11 is 0. The molecule has 1 aliphatic rings. The van der Waals surface area contributed by atoms with Crippen molar-refractivity contribution in [3.63, 3.8) is 0 Å². The number of amides is 1. The molecule has 4 rings (SSSR count). The van der Waals surface area contributed by atoms with E-state index < -0.39 is 0 Å². The quantitative estimate of drug-likeness (QED) is 0.639. The van der Waals surface area contributed by atoms with E-state index in [1.165, 1.54) is 18.4 Å². The zero-order valence-corrected chi connectivity index (χ0v) is 17.2. The first kappa shape index (κ1) is 19.2. The summed E-state index contributed by atoms with van der Waals surface area (Å²) in [5.41, 5.74) is 5.97. The summed E-state index contributed by atoms with van der Waals surface area (Å²) in [4.78, 5) is 16.5. The number of nitrogens with zero attached hydrogens (tertiary/aromatic N) is 1. The van der Waals surface area contributed by atoms with Crippen LogP contribution in [-0.4, -0.2) is 18.0 Å². The van der Waals surface area contributed by atoms with Crippen molar-refractivity contribution in [3.8, 4) is 5.75 Å². The van der Waals surface area contributed by atoms with Crippen LogP contribution in [0.2, 0.25) is 0 Å². The molecule has 3 aromatic rings. The number of methoxy groups -OCH3 is 1. The SMILES string of the molecule is COc1c(/C(C)=C/C(=O)NCc2cccnc2)cc2c3c(oc2c1C)CCCC3. The van der Waals surface area contributed by atoms with Gasteiger partial charge < -0.3 is 14.5 Å². The molecule has 2 heterocycles. The van der Waals surface area contributed by atoms with E-state index in [9.17, 15) is 4.79 Å². The normalized spacial score (nSPS) is 14.0. The highest BCUT2D eigenvalue weighted by Gasteiger charge is 2.23. The number of aryl methyl sites for hydroxylation is 3. The van der Waals surface area contributed by atoms with Crippen LogP contribution in [0, 0.1) is 6.92 Å². The van der Waals surface area contributed by atoms with Crippen molar-refractivity contribution in [2.75, 3.05) is 7.11 Å². The minimum absolute atomic E-state index is 0.139. The third-order valence-corrected chi connectivity index (χ3v) is 5.59. The second kappa shape index (κ2) is 8.11. The maximum Gasteiger partial charge on any atom is 0.244 e. The molecule has 0 saturated carbocycles. The maximum absolute atomic E-state index is 12.5. The lowest BCUT2D eigenvalue weighted by Crippen LogP contribution is -2.20. The summed E-state index contributed by atoms with van der Waals surface area (Å²) < 4.78 is 11.9. The molecule has 0 aliphatic heterocycles. The first-order valence-corrected chi connectivity index (χ1v) is 10.1. The summed E-state index contributed by atoms with van der Waals surface area (Å²) in [6.07, 6.45) is 9.49. The van der Waals surface area contributed by atoms with Crippen LogP contribution in [-0.2, 0) is 24.2 Å². The van der Waals surface area contributed by atoms with Gasteiger partial charge in [0.15, 0.2) is 0 Å². The second-order valence-electron chi connectivity index (χ2n) is 7.58. The number of rotatable bonds is 5. The second-order valence-corrected chi connectivity index (χ2v) is 7.58. The smallest absolute Gasteiger partial charge is 0.244 e. The predicted molar refractivity (Wildman–Crippen MR) is 114 cm³/mol. The number of carbonyl (C=O) groups is 1. The minimum atomic E-state index is -0.139. The van der Waals surface area contributed by atoms with Gasteiger partial charge in [-0.3, -0.25) is 9.78 Å². The Hall–Kier alpha value is -3.08. The van der Waals surface area contributed by atoms with Gasteiger partial charge in [0, 0.05) is 53.5 Å². The first-order chi connectivity index (χ1) is 14.1. The van der Waals surface area contributed by atoms with Crippen LogP contribution in [0.3, 0.4) is 0 Å². The Balaban J connectivity index is 1.66. The van der Waals surface area contributed by atoms with Gasteiger partial charge in [0.2, 0.25) is 5.91 Å². The van der Waals surface area contributed by atoms with Crippen LogP contribution in [0.1, 0.15) is 47.8 Å². The van der Waals surface area contributed by atoms with Crippen molar-refractivity contribution in [2.24, 2.45) is 0 Å². The fraction of sp³-hybridized carbons (Fsp3) is 0.333. The lowest BCUT2D eigenvalue weighted by molar-refractivity contribution is -0.116. The Labute approximate surface area is 170 Å². The number of benzene rings is 1. The number of allylic oxidation sites excluding steroid dienone is 1. The van der Waals surface area contributed by atoms with Crippen LogP contribution in [0.15, 0.2) is 41.1 Å². The highest BCUT2D eigenvalue weighted by atomic mass is 16.5. The van der Waals surface area contributed by atoms with Crippen molar-refractivity contribution in [2.45, 2.75) is 46.1 Å². The van der Waals surface area contributed by atoms with Gasteiger partial charge in [-0.15, -0.1) is 0 Å². The highest BCUT2D eigenvalue weighted by Crippen LogP contribution is 2.40. The average Bonchev–Trinajstić information content (AvgIpc) is 3.12. The molecule has 0 bridgehead atoms. The Morgan fingerprint density at radius 2 is 2.17 bits per heavy atom. The summed E-state index contributed by atoms with van der Waals surface area (Å²) in [5, 5.41) is 4.07. The zero-order valence-electron chi connectivity index (χ0n) is 17.2. The van der Waals surface area contributed by atoms with Crippen LogP contribution < -0.4 is 10.1 Å². The predicted octanol–water partition coefficient (Wildman–Crippen LogP) is 4.74. The lowest BCUT2D eigenvalue weighted by atomic mass is 9.93. The van der Waals surface area contributed by atoms with Gasteiger partial charge in [0.25, 0.3) is 0 Å². The van der Waals surface area contributed by atoms with E-state index in [1.807, 2.05) is 26.0 Å². The van der Waals surface area contributed by atoms with E-state index in [4.69, 9.17) is 9.15 Å². The number of fused-ring (bicyclic) bond motifs is 3. The lowest BCUT2D eigenvalue weighted by Gasteiger charge is -2.13. The molecule has 0 unspecified atom stereocenters. The number of ether oxygens (including phenoxy) is 1. The number of hydrogen-bond acceptors (Lipinski definition) is 4. The molecule has 1 N–H and O–H groups in total. The van der Waals surface area contributed by atoms with Crippen LogP contribution in [0.25, 0.3) is 16.5 Å². The van der Waals surface area contributed by atoms with Gasteiger partial charge in [-0.05, 0) is 56.4 Å². The molecular weight excluding hydrogens is 364 g/mol. The standard InChI is InChI=1S/C24H26N2O3/c1-15(11-22(27)26-14-17-7-6-10-25-13-17)19-12-20-18-8-4-5-9-21(18)29-24(20)16(2)23(19)28-3/h6-7,10-13H,4-5,8-9,14H2,1-3H3,(H,26,27)/b15-11+. The third-order valence-electron chi connectivity index (χ3n) is 5.59. The van der Waals surface area contributed by atoms with Crippen molar-refractivity contribution in [1.82, 2.24) is 10.3 Å². The van der Waals surface area contributed by atoms with Crippen molar-refractivity contribution < 1.29 is 13.9 Å². The van der Waals surface area contributed by atoms with Gasteiger partial charge in [-0.1, -0.05) is 6.07 Å². The van der Waals surface area contributed by atoms with Crippen LogP contribution >= 0.6 is 0 Å². The van der Waals surface area contributed by atoms with Crippen molar-refractivity contribution in [1.29, 1.82) is 0 Å². The molecular formula is C24H26N2O3. The molecule has 1 aromatic carbocycles. The first-order valence-electron chi connectivity index (χ1n) is 10.1. The van der Waals surface area contributed by atoms with Gasteiger partial charge in [0.05, 0.1) is 7.11 Å². The molecule has 0 atom stereocenters. The molecule has 1 amide bonds.